The van der Waals surface area contributed by atoms with Gasteiger partial charge in [0.2, 0.25) is 0 Å². The van der Waals surface area contributed by atoms with Crippen molar-refractivity contribution in [1.82, 2.24) is 5.32 Å². The number of ketones is 1. The second-order valence-electron chi connectivity index (χ2n) is 9.78. The fraction of sp³-hybridized carbons (Fsp3) is 0.0541. The Kier molecular flexibility index (Phi) is 10.4. The molecular formula is C37H30N2O4S. The van der Waals surface area contributed by atoms with Crippen molar-refractivity contribution in [2.75, 3.05) is 11.1 Å². The van der Waals surface area contributed by atoms with Gasteiger partial charge in [-0.1, -0.05) is 97.1 Å². The first kappa shape index (κ1) is 30.1. The summed E-state index contributed by atoms with van der Waals surface area (Å²) < 4.78 is 5.88. The van der Waals surface area contributed by atoms with Gasteiger partial charge in [0, 0.05) is 21.7 Å². The Bertz CT molecular complexity index is 1740. The number of nitrogens with one attached hydrogen (secondary N) is 2. The van der Waals surface area contributed by atoms with Gasteiger partial charge in [0.1, 0.15) is 18.1 Å². The Hall–Kier alpha value is -5.40. The third-order valence-electron chi connectivity index (χ3n) is 6.53. The van der Waals surface area contributed by atoms with Crippen molar-refractivity contribution in [2.24, 2.45) is 0 Å². The molecule has 0 atom stereocenters. The maximum absolute atomic E-state index is 13.5. The van der Waals surface area contributed by atoms with E-state index in [9.17, 15) is 14.4 Å². The van der Waals surface area contributed by atoms with E-state index in [0.717, 1.165) is 10.5 Å². The van der Waals surface area contributed by atoms with Gasteiger partial charge >= 0.3 is 0 Å². The highest BCUT2D eigenvalue weighted by molar-refractivity contribution is 8.00. The fourth-order valence-electron chi connectivity index (χ4n) is 4.23. The SMILES string of the molecule is O=C(Nc1cccc(SCC(=O)c2ccccc2)c1)/C(=C/c1ccc(OCc2ccccc2)cc1)NC(=O)c1ccccc1. The van der Waals surface area contributed by atoms with E-state index < -0.39 is 11.8 Å². The van der Waals surface area contributed by atoms with Crippen LogP contribution in [0.4, 0.5) is 5.69 Å². The molecule has 5 aromatic rings. The molecule has 5 rings (SSSR count). The minimum atomic E-state index is -0.485. The Labute approximate surface area is 260 Å². The number of hydrogen-bond donors (Lipinski definition) is 2. The Morgan fingerprint density at radius 1 is 0.682 bits per heavy atom. The number of rotatable bonds is 12. The van der Waals surface area contributed by atoms with E-state index in [2.05, 4.69) is 10.6 Å². The van der Waals surface area contributed by atoms with Crippen LogP contribution in [-0.4, -0.2) is 23.4 Å². The molecule has 0 bridgehead atoms. The smallest absolute Gasteiger partial charge is 0.272 e. The molecule has 6 nitrogen and oxygen atoms in total. The summed E-state index contributed by atoms with van der Waals surface area (Å²) in [5, 5.41) is 5.65. The number of anilines is 1. The van der Waals surface area contributed by atoms with Crippen LogP contribution in [0.25, 0.3) is 6.08 Å². The number of carbonyl (C=O) groups is 3. The number of carbonyl (C=O) groups excluding carboxylic acids is 3. The van der Waals surface area contributed by atoms with Crippen LogP contribution in [0, 0.1) is 0 Å². The van der Waals surface area contributed by atoms with Gasteiger partial charge < -0.3 is 15.4 Å². The van der Waals surface area contributed by atoms with Crippen molar-refractivity contribution in [1.29, 1.82) is 0 Å². The van der Waals surface area contributed by atoms with Gasteiger partial charge in [-0.25, -0.2) is 0 Å². The molecule has 44 heavy (non-hydrogen) atoms. The summed E-state index contributed by atoms with van der Waals surface area (Å²) in [4.78, 5) is 39.9. The molecule has 0 aliphatic rings. The summed E-state index contributed by atoms with van der Waals surface area (Å²) in [7, 11) is 0. The lowest BCUT2D eigenvalue weighted by Gasteiger charge is -2.12. The highest BCUT2D eigenvalue weighted by Gasteiger charge is 2.16. The quantitative estimate of drug-likeness (QED) is 0.0876. The van der Waals surface area contributed by atoms with Gasteiger partial charge in [0.15, 0.2) is 5.78 Å². The molecule has 0 unspecified atom stereocenters. The van der Waals surface area contributed by atoms with Crippen LogP contribution in [0.2, 0.25) is 0 Å². The first-order chi connectivity index (χ1) is 21.5. The molecule has 5 aromatic carbocycles. The molecule has 0 aromatic heterocycles. The molecule has 0 aliphatic carbocycles. The summed E-state index contributed by atoms with van der Waals surface area (Å²) in [6.45, 7) is 0.439. The van der Waals surface area contributed by atoms with Crippen molar-refractivity contribution in [2.45, 2.75) is 11.5 Å². The van der Waals surface area contributed by atoms with E-state index in [1.165, 1.54) is 11.8 Å². The van der Waals surface area contributed by atoms with Gasteiger partial charge in [0.25, 0.3) is 11.8 Å². The Morgan fingerprint density at radius 2 is 1.32 bits per heavy atom. The van der Waals surface area contributed by atoms with Crippen LogP contribution in [0.15, 0.2) is 150 Å². The third-order valence-corrected chi connectivity index (χ3v) is 7.52. The summed E-state index contributed by atoms with van der Waals surface area (Å²) in [5.41, 5.74) is 3.47. The van der Waals surface area contributed by atoms with E-state index in [-0.39, 0.29) is 17.2 Å². The molecule has 218 valence electrons. The lowest BCUT2D eigenvalue weighted by molar-refractivity contribution is -0.113. The largest absolute Gasteiger partial charge is 0.489 e. The molecule has 0 spiro atoms. The number of hydrogen-bond acceptors (Lipinski definition) is 5. The topological polar surface area (TPSA) is 84.5 Å². The van der Waals surface area contributed by atoms with Crippen LogP contribution in [0.1, 0.15) is 31.8 Å². The molecular weight excluding hydrogens is 568 g/mol. The first-order valence-corrected chi connectivity index (χ1v) is 15.0. The molecule has 0 saturated carbocycles. The van der Waals surface area contributed by atoms with Crippen LogP contribution in [0.3, 0.4) is 0 Å². The molecule has 2 amide bonds. The predicted molar refractivity (Wildman–Crippen MR) is 176 cm³/mol. The second kappa shape index (κ2) is 15.2. The highest BCUT2D eigenvalue weighted by atomic mass is 32.2. The minimum absolute atomic E-state index is 0.0235. The molecule has 0 saturated heterocycles. The van der Waals surface area contributed by atoms with E-state index in [1.54, 1.807) is 54.6 Å². The van der Waals surface area contributed by atoms with Crippen LogP contribution >= 0.6 is 11.8 Å². The number of Topliss-reactive ketones (excluding diaryl/α,β-unsaturated/α-hetero) is 1. The third kappa shape index (κ3) is 8.80. The normalized spacial score (nSPS) is 11.0. The van der Waals surface area contributed by atoms with Crippen molar-refractivity contribution >= 4 is 41.1 Å². The summed E-state index contributed by atoms with van der Waals surface area (Å²) in [6, 6.07) is 42.3. The van der Waals surface area contributed by atoms with Gasteiger partial charge in [-0.05, 0) is 59.7 Å². The molecule has 2 N–H and O–H groups in total. The molecule has 0 aliphatic heterocycles. The molecule has 0 fully saturated rings. The second-order valence-corrected chi connectivity index (χ2v) is 10.8. The zero-order chi connectivity index (χ0) is 30.6. The summed E-state index contributed by atoms with van der Waals surface area (Å²) >= 11 is 1.39. The van der Waals surface area contributed by atoms with E-state index >= 15 is 0 Å². The molecule has 7 heteroatoms. The van der Waals surface area contributed by atoms with Crippen molar-refractivity contribution in [3.63, 3.8) is 0 Å². The highest BCUT2D eigenvalue weighted by Crippen LogP contribution is 2.23. The molecule has 0 heterocycles. The Balaban J connectivity index is 1.29. The Morgan fingerprint density at radius 3 is 2.00 bits per heavy atom. The lowest BCUT2D eigenvalue weighted by Crippen LogP contribution is -2.30. The van der Waals surface area contributed by atoms with Crippen molar-refractivity contribution < 1.29 is 19.1 Å². The fourth-order valence-corrected chi connectivity index (χ4v) is 5.08. The standard InChI is InChI=1S/C37H30N2O4S/c40-35(29-13-6-2-7-14-29)26-44-33-18-10-17-31(24-33)38-37(42)34(39-36(41)30-15-8-3-9-16-30)23-27-19-21-32(22-20-27)43-25-28-11-4-1-5-12-28/h1-24H,25-26H2,(H,38,42)(H,39,41)/b34-23-. The zero-order valence-electron chi connectivity index (χ0n) is 23.8. The number of thioether (sulfide) groups is 1. The number of benzene rings is 5. The monoisotopic (exact) mass is 598 g/mol. The first-order valence-electron chi connectivity index (χ1n) is 14.0. The van der Waals surface area contributed by atoms with Gasteiger partial charge in [-0.3, -0.25) is 14.4 Å². The maximum Gasteiger partial charge on any atom is 0.272 e. The zero-order valence-corrected chi connectivity index (χ0v) is 24.6. The van der Waals surface area contributed by atoms with E-state index in [4.69, 9.17) is 4.74 Å². The number of ether oxygens (including phenoxy) is 1. The number of amides is 2. The van der Waals surface area contributed by atoms with Crippen molar-refractivity contribution in [3.8, 4) is 5.75 Å². The van der Waals surface area contributed by atoms with Gasteiger partial charge in [-0.2, -0.15) is 0 Å². The maximum atomic E-state index is 13.5. The van der Waals surface area contributed by atoms with E-state index in [1.807, 2.05) is 91.0 Å². The summed E-state index contributed by atoms with van der Waals surface area (Å²) in [5.74, 6) is 0.0885. The predicted octanol–water partition coefficient (Wildman–Crippen LogP) is 7.65. The van der Waals surface area contributed by atoms with Crippen LogP contribution in [-0.2, 0) is 11.4 Å². The van der Waals surface area contributed by atoms with Gasteiger partial charge in [0.05, 0.1) is 5.75 Å². The van der Waals surface area contributed by atoms with Crippen molar-refractivity contribution in [3.05, 3.63) is 167 Å². The van der Waals surface area contributed by atoms with Gasteiger partial charge in [-0.15, -0.1) is 11.8 Å². The average Bonchev–Trinajstić information content (AvgIpc) is 3.08. The van der Waals surface area contributed by atoms with Crippen LogP contribution < -0.4 is 15.4 Å². The molecule has 0 radical (unpaired) electrons. The summed E-state index contributed by atoms with van der Waals surface area (Å²) in [6.07, 6.45) is 1.62. The van der Waals surface area contributed by atoms with E-state index in [0.29, 0.717) is 34.7 Å². The lowest BCUT2D eigenvalue weighted by atomic mass is 10.1. The average molecular weight is 599 g/mol. The minimum Gasteiger partial charge on any atom is -0.489 e. The van der Waals surface area contributed by atoms with Crippen LogP contribution in [0.5, 0.6) is 5.75 Å².